The molecule has 2 rings (SSSR count). The number of methoxy groups -OCH3 is 1. The summed E-state index contributed by atoms with van der Waals surface area (Å²) in [6.45, 7) is 8.29. The number of hydrogen-bond acceptors (Lipinski definition) is 5. The van der Waals surface area contributed by atoms with E-state index in [1.54, 1.807) is 7.11 Å². The molecule has 23 heavy (non-hydrogen) atoms. The fourth-order valence-corrected chi connectivity index (χ4v) is 4.99. The fraction of sp³-hybridized carbons (Fsp3) is 1.00. The molecule has 0 radical (unpaired) electrons. The molecular weight excluding hydrogens is 323 g/mol. The summed E-state index contributed by atoms with van der Waals surface area (Å²) in [7, 11) is -2.89. The Morgan fingerprint density at radius 3 is 2.13 bits per heavy atom. The average molecular weight is 352 g/mol. The third kappa shape index (κ3) is 3.25. The normalized spacial score (nSPS) is 34.7. The van der Waals surface area contributed by atoms with E-state index in [1.165, 1.54) is 0 Å². The molecule has 1 aliphatic carbocycles. The molecule has 136 valence electrons. The van der Waals surface area contributed by atoms with Crippen LogP contribution in [0.3, 0.4) is 0 Å². The molecule has 0 bridgehead atoms. The van der Waals surface area contributed by atoms with Gasteiger partial charge in [-0.05, 0) is 31.1 Å². The number of phosphoric acid groups is 1. The molecule has 3 atom stereocenters. The van der Waals surface area contributed by atoms with E-state index in [9.17, 15) is 4.57 Å². The maximum atomic E-state index is 11.1. The van der Waals surface area contributed by atoms with Gasteiger partial charge in [-0.1, -0.05) is 34.1 Å². The highest BCUT2D eigenvalue weighted by Crippen LogP contribution is 2.58. The maximum absolute atomic E-state index is 11.1. The summed E-state index contributed by atoms with van der Waals surface area (Å²) in [5.74, 6) is -0.624. The highest BCUT2D eigenvalue weighted by molar-refractivity contribution is 7.46. The zero-order valence-electron chi connectivity index (χ0n) is 14.5. The minimum Gasteiger partial charge on any atom is -0.348 e. The predicted octanol–water partition coefficient (Wildman–Crippen LogP) is 3.01. The van der Waals surface area contributed by atoms with Gasteiger partial charge >= 0.3 is 7.82 Å². The zero-order valence-corrected chi connectivity index (χ0v) is 15.4. The first-order chi connectivity index (χ1) is 10.6. The largest absolute Gasteiger partial charge is 0.469 e. The molecule has 2 aliphatic rings. The minimum absolute atomic E-state index is 0.0450. The van der Waals surface area contributed by atoms with Crippen molar-refractivity contribution in [1.82, 2.24) is 0 Å². The number of hydrogen-bond donors (Lipinski definition) is 2. The van der Waals surface area contributed by atoms with Crippen molar-refractivity contribution < 1.29 is 33.4 Å². The van der Waals surface area contributed by atoms with E-state index in [0.29, 0.717) is 12.8 Å². The Morgan fingerprint density at radius 1 is 1.13 bits per heavy atom. The molecule has 0 spiro atoms. The monoisotopic (exact) mass is 352 g/mol. The fourth-order valence-electron chi connectivity index (χ4n) is 4.41. The Morgan fingerprint density at radius 2 is 1.74 bits per heavy atom. The second kappa shape index (κ2) is 6.71. The summed E-state index contributed by atoms with van der Waals surface area (Å²) >= 11 is 0. The molecule has 3 unspecified atom stereocenters. The Kier molecular flexibility index (Phi) is 5.64. The van der Waals surface area contributed by atoms with Crippen molar-refractivity contribution in [2.45, 2.75) is 70.9 Å². The van der Waals surface area contributed by atoms with Crippen LogP contribution in [-0.4, -0.2) is 34.4 Å². The van der Waals surface area contributed by atoms with E-state index in [2.05, 4.69) is 27.7 Å². The predicted molar refractivity (Wildman–Crippen MR) is 83.2 cm³/mol. The molecule has 2 fully saturated rings. The van der Waals surface area contributed by atoms with Gasteiger partial charge in [0.15, 0.2) is 5.60 Å². The molecule has 0 aromatic rings. The Hall–Kier alpha value is -0.0100. The smallest absolute Gasteiger partial charge is 0.348 e. The molecule has 1 aliphatic heterocycles. The lowest BCUT2D eigenvalue weighted by Gasteiger charge is -2.62. The summed E-state index contributed by atoms with van der Waals surface area (Å²) in [6.07, 6.45) is 2.25. The molecule has 7 nitrogen and oxygen atoms in total. The summed E-state index contributed by atoms with van der Waals surface area (Å²) in [4.78, 5) is 29.3. The van der Waals surface area contributed by atoms with Gasteiger partial charge in [0.2, 0.25) is 5.79 Å². The van der Waals surface area contributed by atoms with E-state index in [0.717, 1.165) is 12.8 Å². The molecule has 1 heterocycles. The van der Waals surface area contributed by atoms with E-state index < -0.39 is 25.3 Å². The second-order valence-corrected chi connectivity index (χ2v) is 8.41. The highest BCUT2D eigenvalue weighted by atomic mass is 31.2. The van der Waals surface area contributed by atoms with Crippen LogP contribution in [-0.2, 0) is 23.6 Å². The van der Waals surface area contributed by atoms with Crippen molar-refractivity contribution in [2.75, 3.05) is 7.11 Å². The quantitative estimate of drug-likeness (QED) is 0.560. The lowest BCUT2D eigenvalue weighted by Crippen LogP contribution is -2.76. The second-order valence-electron chi connectivity index (χ2n) is 7.22. The molecule has 0 aromatic carbocycles. The van der Waals surface area contributed by atoms with Crippen LogP contribution in [0.25, 0.3) is 0 Å². The third-order valence-corrected chi connectivity index (χ3v) is 5.89. The number of ether oxygens (including phenoxy) is 1. The van der Waals surface area contributed by atoms with E-state index in [1.807, 2.05) is 0 Å². The van der Waals surface area contributed by atoms with Crippen LogP contribution in [0.15, 0.2) is 0 Å². The first kappa shape index (κ1) is 19.3. The van der Waals surface area contributed by atoms with Crippen molar-refractivity contribution in [3.63, 3.8) is 0 Å². The number of phosphoric ester groups is 1. The van der Waals surface area contributed by atoms with Crippen LogP contribution in [0.4, 0.5) is 0 Å². The zero-order chi connectivity index (χ0) is 17.5. The third-order valence-electron chi connectivity index (χ3n) is 5.32. The summed E-state index contributed by atoms with van der Waals surface area (Å²) in [6, 6.07) is 0. The average Bonchev–Trinajstić information content (AvgIpc) is 2.36. The lowest BCUT2D eigenvalue weighted by molar-refractivity contribution is -0.636. The standard InChI is InChI=1S/C15H29O7P/c1-10(2)14(11(3)4)15(19-5,22-21-14)12-7-6-8-13(9-12)20-23(16,17)18/h10-13H,6-9H2,1-5H3,(H2,16,17,18). The first-order valence-corrected chi connectivity index (χ1v) is 9.78. The van der Waals surface area contributed by atoms with Gasteiger partial charge in [-0.2, -0.15) is 4.89 Å². The molecule has 8 heteroatoms. The van der Waals surface area contributed by atoms with Crippen molar-refractivity contribution >= 4 is 7.82 Å². The van der Waals surface area contributed by atoms with Crippen molar-refractivity contribution in [1.29, 1.82) is 0 Å². The lowest BCUT2D eigenvalue weighted by atomic mass is 9.65. The van der Waals surface area contributed by atoms with Crippen LogP contribution in [0, 0.1) is 17.8 Å². The van der Waals surface area contributed by atoms with Gasteiger partial charge in [0.1, 0.15) is 0 Å². The Labute approximate surface area is 137 Å². The topological polar surface area (TPSA) is 94.5 Å². The molecule has 0 aromatic heterocycles. The van der Waals surface area contributed by atoms with Gasteiger partial charge in [0.25, 0.3) is 0 Å². The highest BCUT2D eigenvalue weighted by Gasteiger charge is 2.71. The van der Waals surface area contributed by atoms with Gasteiger partial charge in [-0.3, -0.25) is 4.52 Å². The van der Waals surface area contributed by atoms with E-state index >= 15 is 0 Å². The molecule has 2 N–H and O–H groups in total. The van der Waals surface area contributed by atoms with Crippen LogP contribution >= 0.6 is 7.82 Å². The molecule has 1 saturated carbocycles. The van der Waals surface area contributed by atoms with E-state index in [4.69, 9.17) is 28.8 Å². The minimum atomic E-state index is -4.50. The SMILES string of the molecule is COC1(C2CCCC(OP(=O)(O)O)C2)OOC1(C(C)C)C(C)C. The van der Waals surface area contributed by atoms with Crippen LogP contribution in [0.2, 0.25) is 0 Å². The van der Waals surface area contributed by atoms with Crippen molar-refractivity contribution in [3.05, 3.63) is 0 Å². The van der Waals surface area contributed by atoms with Gasteiger partial charge in [-0.15, -0.1) is 0 Å². The molecular formula is C15H29O7P. The van der Waals surface area contributed by atoms with Crippen LogP contribution in [0.1, 0.15) is 53.4 Å². The molecule has 1 saturated heterocycles. The van der Waals surface area contributed by atoms with Crippen molar-refractivity contribution in [3.8, 4) is 0 Å². The Balaban J connectivity index is 2.24. The number of rotatable bonds is 6. The first-order valence-electron chi connectivity index (χ1n) is 8.25. The molecule has 0 amide bonds. The van der Waals surface area contributed by atoms with Crippen LogP contribution in [0.5, 0.6) is 0 Å². The van der Waals surface area contributed by atoms with Gasteiger partial charge in [-0.25, -0.2) is 9.45 Å². The summed E-state index contributed by atoms with van der Waals surface area (Å²) in [5.41, 5.74) is -0.587. The van der Waals surface area contributed by atoms with Crippen LogP contribution < -0.4 is 0 Å². The Bertz CT molecular complexity index is 449. The van der Waals surface area contributed by atoms with Gasteiger partial charge < -0.3 is 14.5 Å². The van der Waals surface area contributed by atoms with Crippen molar-refractivity contribution in [2.24, 2.45) is 17.8 Å². The van der Waals surface area contributed by atoms with E-state index in [-0.39, 0.29) is 17.8 Å². The van der Waals surface area contributed by atoms with Gasteiger partial charge in [0.05, 0.1) is 6.10 Å². The maximum Gasteiger partial charge on any atom is 0.469 e. The summed E-state index contributed by atoms with van der Waals surface area (Å²) in [5, 5.41) is 0. The summed E-state index contributed by atoms with van der Waals surface area (Å²) < 4.78 is 21.9. The van der Waals surface area contributed by atoms with Gasteiger partial charge in [0, 0.05) is 13.0 Å².